The van der Waals surface area contributed by atoms with Crippen LogP contribution in [0.5, 0.6) is 5.75 Å². The lowest BCUT2D eigenvalue weighted by Gasteiger charge is -2.12. The van der Waals surface area contributed by atoms with Gasteiger partial charge in [-0.3, -0.25) is 4.99 Å². The van der Waals surface area contributed by atoms with Crippen molar-refractivity contribution in [2.75, 3.05) is 40.5 Å². The molecule has 0 atom stereocenters. The van der Waals surface area contributed by atoms with Gasteiger partial charge < -0.3 is 20.1 Å². The van der Waals surface area contributed by atoms with Crippen LogP contribution < -0.4 is 15.4 Å². The maximum atomic E-state index is 12.7. The van der Waals surface area contributed by atoms with Crippen molar-refractivity contribution in [3.8, 4) is 5.75 Å². The van der Waals surface area contributed by atoms with Crippen LogP contribution >= 0.6 is 24.0 Å². The third-order valence-electron chi connectivity index (χ3n) is 2.74. The molecule has 126 valence electrons. The number of benzene rings is 1. The Bertz CT molecular complexity index is 416. The fourth-order valence-corrected chi connectivity index (χ4v) is 1.64. The number of methoxy groups -OCH3 is 1. The summed E-state index contributed by atoms with van der Waals surface area (Å²) in [6.45, 7) is 2.87. The van der Waals surface area contributed by atoms with Crippen LogP contribution in [0.4, 0.5) is 4.39 Å². The van der Waals surface area contributed by atoms with E-state index in [9.17, 15) is 4.39 Å². The monoisotopic (exact) mass is 425 g/mol. The molecule has 2 N–H and O–H groups in total. The van der Waals surface area contributed by atoms with Crippen LogP contribution in [-0.4, -0.2) is 46.4 Å². The van der Waals surface area contributed by atoms with Crippen molar-refractivity contribution in [1.82, 2.24) is 10.6 Å². The first-order valence-corrected chi connectivity index (χ1v) is 7.08. The van der Waals surface area contributed by atoms with Crippen molar-refractivity contribution in [3.63, 3.8) is 0 Å². The summed E-state index contributed by atoms with van der Waals surface area (Å²) in [5, 5.41) is 6.40. The number of aliphatic imine (C=N–C) groups is 1. The molecule has 0 aliphatic carbocycles. The molecule has 0 fully saturated rings. The highest BCUT2D eigenvalue weighted by Crippen LogP contribution is 2.10. The Balaban J connectivity index is 0.00000441. The molecular formula is C15H25FIN3O2. The van der Waals surface area contributed by atoms with Crippen LogP contribution in [0, 0.1) is 5.82 Å². The number of hydrogen-bond donors (Lipinski definition) is 2. The summed E-state index contributed by atoms with van der Waals surface area (Å²) in [4.78, 5) is 4.12. The van der Waals surface area contributed by atoms with Crippen LogP contribution in [0.2, 0.25) is 0 Å². The molecule has 5 nitrogen and oxygen atoms in total. The van der Waals surface area contributed by atoms with Crippen molar-refractivity contribution in [2.24, 2.45) is 4.99 Å². The molecule has 0 spiro atoms. The van der Waals surface area contributed by atoms with E-state index in [0.717, 1.165) is 38.5 Å². The van der Waals surface area contributed by atoms with Crippen molar-refractivity contribution in [2.45, 2.75) is 12.8 Å². The topological polar surface area (TPSA) is 54.9 Å². The van der Waals surface area contributed by atoms with E-state index in [1.54, 1.807) is 26.3 Å². The van der Waals surface area contributed by atoms with Gasteiger partial charge in [0.2, 0.25) is 0 Å². The van der Waals surface area contributed by atoms with Crippen molar-refractivity contribution in [1.29, 1.82) is 0 Å². The predicted octanol–water partition coefficient (Wildman–Crippen LogP) is 2.41. The van der Waals surface area contributed by atoms with Gasteiger partial charge in [0, 0.05) is 33.9 Å². The van der Waals surface area contributed by atoms with Gasteiger partial charge >= 0.3 is 0 Å². The van der Waals surface area contributed by atoms with Gasteiger partial charge in [-0.25, -0.2) is 4.39 Å². The number of rotatable bonds is 9. The minimum atomic E-state index is -0.257. The van der Waals surface area contributed by atoms with E-state index in [2.05, 4.69) is 15.6 Å². The van der Waals surface area contributed by atoms with E-state index < -0.39 is 0 Å². The molecule has 0 heterocycles. The highest BCUT2D eigenvalue weighted by molar-refractivity contribution is 14.0. The third-order valence-corrected chi connectivity index (χ3v) is 2.74. The number of halogens is 2. The normalized spacial score (nSPS) is 10.8. The van der Waals surface area contributed by atoms with Gasteiger partial charge in [-0.05, 0) is 37.1 Å². The van der Waals surface area contributed by atoms with Gasteiger partial charge in [0.25, 0.3) is 0 Å². The summed E-state index contributed by atoms with van der Waals surface area (Å²) >= 11 is 0. The molecule has 0 saturated carbocycles. The van der Waals surface area contributed by atoms with Gasteiger partial charge in [-0.1, -0.05) is 0 Å². The van der Waals surface area contributed by atoms with E-state index in [-0.39, 0.29) is 29.8 Å². The fourth-order valence-electron chi connectivity index (χ4n) is 1.64. The smallest absolute Gasteiger partial charge is 0.190 e. The van der Waals surface area contributed by atoms with Crippen molar-refractivity contribution >= 4 is 29.9 Å². The zero-order chi connectivity index (χ0) is 15.3. The Kier molecular flexibility index (Phi) is 12.9. The summed E-state index contributed by atoms with van der Waals surface area (Å²) in [7, 11) is 3.43. The summed E-state index contributed by atoms with van der Waals surface area (Å²) in [5.74, 6) is 1.19. The number of guanidine groups is 1. The number of ether oxygens (including phenoxy) is 2. The van der Waals surface area contributed by atoms with Gasteiger partial charge in [0.1, 0.15) is 11.6 Å². The molecule has 0 aliphatic heterocycles. The molecule has 1 aromatic rings. The second kappa shape index (κ2) is 13.6. The van der Waals surface area contributed by atoms with Crippen LogP contribution in [0.15, 0.2) is 29.3 Å². The Morgan fingerprint density at radius 3 is 2.23 bits per heavy atom. The molecule has 1 rings (SSSR count). The molecule has 0 saturated heterocycles. The highest BCUT2D eigenvalue weighted by Gasteiger charge is 1.97. The fraction of sp³-hybridized carbons (Fsp3) is 0.533. The Morgan fingerprint density at radius 2 is 1.68 bits per heavy atom. The first kappa shape index (κ1) is 20.9. The second-order valence-corrected chi connectivity index (χ2v) is 4.43. The quantitative estimate of drug-likeness (QED) is 0.276. The zero-order valence-corrected chi connectivity index (χ0v) is 15.4. The Hall–Kier alpha value is -1.09. The van der Waals surface area contributed by atoms with E-state index in [0.29, 0.717) is 12.4 Å². The zero-order valence-electron chi connectivity index (χ0n) is 13.1. The molecule has 0 amide bonds. The molecule has 1 aromatic carbocycles. The average molecular weight is 425 g/mol. The van der Waals surface area contributed by atoms with E-state index in [4.69, 9.17) is 9.47 Å². The van der Waals surface area contributed by atoms with Crippen molar-refractivity contribution in [3.05, 3.63) is 30.1 Å². The molecule has 22 heavy (non-hydrogen) atoms. The van der Waals surface area contributed by atoms with Gasteiger partial charge in [0.05, 0.1) is 6.61 Å². The molecule has 7 heteroatoms. The second-order valence-electron chi connectivity index (χ2n) is 4.43. The lowest BCUT2D eigenvalue weighted by atomic mass is 10.3. The molecule has 0 aliphatic rings. The van der Waals surface area contributed by atoms with E-state index >= 15 is 0 Å². The van der Waals surface area contributed by atoms with E-state index in [1.165, 1.54) is 12.1 Å². The van der Waals surface area contributed by atoms with Crippen LogP contribution in [0.25, 0.3) is 0 Å². The summed E-state index contributed by atoms with van der Waals surface area (Å²) in [5.41, 5.74) is 0. The molecule has 0 bridgehead atoms. The van der Waals surface area contributed by atoms with E-state index in [1.807, 2.05) is 0 Å². The standard InChI is InChI=1S/C15H24FN3O2.HI/c1-17-15(18-9-3-11-20-2)19-10-4-12-21-14-7-5-13(16)6-8-14;/h5-8H,3-4,9-12H2,1-2H3,(H2,17,18,19);1H. The SMILES string of the molecule is CN=C(NCCCOC)NCCCOc1ccc(F)cc1.I. The predicted molar refractivity (Wildman–Crippen MR) is 97.8 cm³/mol. The lowest BCUT2D eigenvalue weighted by molar-refractivity contribution is 0.195. The number of nitrogens with zero attached hydrogens (tertiary/aromatic N) is 1. The molecule has 0 aromatic heterocycles. The molecule has 0 unspecified atom stereocenters. The minimum absolute atomic E-state index is 0. The molecule has 0 radical (unpaired) electrons. The summed E-state index contributed by atoms with van der Waals surface area (Å²) in [6.07, 6.45) is 1.76. The summed E-state index contributed by atoms with van der Waals surface area (Å²) in [6, 6.07) is 6.02. The summed E-state index contributed by atoms with van der Waals surface area (Å²) < 4.78 is 23.2. The highest BCUT2D eigenvalue weighted by atomic mass is 127. The van der Waals surface area contributed by atoms with Crippen molar-refractivity contribution < 1.29 is 13.9 Å². The first-order chi connectivity index (χ1) is 10.3. The van der Waals surface area contributed by atoms with Crippen LogP contribution in [-0.2, 0) is 4.74 Å². The number of hydrogen-bond acceptors (Lipinski definition) is 3. The molecular weight excluding hydrogens is 400 g/mol. The lowest BCUT2D eigenvalue weighted by Crippen LogP contribution is -2.38. The van der Waals surface area contributed by atoms with Crippen LogP contribution in [0.1, 0.15) is 12.8 Å². The number of nitrogens with one attached hydrogen (secondary N) is 2. The third kappa shape index (κ3) is 9.78. The van der Waals surface area contributed by atoms with Gasteiger partial charge in [-0.2, -0.15) is 0 Å². The maximum absolute atomic E-state index is 12.7. The minimum Gasteiger partial charge on any atom is -0.494 e. The van der Waals surface area contributed by atoms with Crippen LogP contribution in [0.3, 0.4) is 0 Å². The van der Waals surface area contributed by atoms with Gasteiger partial charge in [-0.15, -0.1) is 24.0 Å². The Morgan fingerprint density at radius 1 is 1.09 bits per heavy atom. The average Bonchev–Trinajstić information content (AvgIpc) is 2.51. The maximum Gasteiger partial charge on any atom is 0.190 e. The Labute approximate surface area is 148 Å². The largest absolute Gasteiger partial charge is 0.494 e. The van der Waals surface area contributed by atoms with Gasteiger partial charge in [0.15, 0.2) is 5.96 Å². The first-order valence-electron chi connectivity index (χ1n) is 7.08.